The van der Waals surface area contributed by atoms with Crippen LogP contribution in [-0.2, 0) is 10.0 Å². The lowest BCUT2D eigenvalue weighted by atomic mass is 9.92. The number of nitrogens with two attached hydrogens (primary N) is 1. The van der Waals surface area contributed by atoms with Crippen LogP contribution in [0.1, 0.15) is 37.6 Å². The van der Waals surface area contributed by atoms with E-state index in [0.29, 0.717) is 28.7 Å². The lowest BCUT2D eigenvalue weighted by Crippen LogP contribution is -2.52. The molecule has 140 valence electrons. The van der Waals surface area contributed by atoms with Crippen LogP contribution in [0.3, 0.4) is 0 Å². The van der Waals surface area contributed by atoms with Crippen LogP contribution < -0.4 is 15.4 Å². The first-order valence-electron chi connectivity index (χ1n) is 8.67. The van der Waals surface area contributed by atoms with E-state index < -0.39 is 15.6 Å². The third-order valence-corrected chi connectivity index (χ3v) is 6.55. The molecule has 0 radical (unpaired) electrons. The molecule has 1 unspecified atom stereocenters. The lowest BCUT2D eigenvalue weighted by molar-refractivity contribution is 0.0999. The third kappa shape index (κ3) is 3.00. The highest BCUT2D eigenvalue weighted by molar-refractivity contribution is 7.89. The molecule has 7 heteroatoms. The van der Waals surface area contributed by atoms with Gasteiger partial charge < -0.3 is 10.6 Å². The van der Waals surface area contributed by atoms with Crippen LogP contribution in [0.2, 0.25) is 0 Å². The Balaban J connectivity index is 2.13. The number of hydrogen-bond acceptors (Lipinski definition) is 4. The topological polar surface area (TPSA) is 92.5 Å². The first-order valence-corrected chi connectivity index (χ1v) is 10.2. The van der Waals surface area contributed by atoms with Gasteiger partial charge >= 0.3 is 0 Å². The summed E-state index contributed by atoms with van der Waals surface area (Å²) >= 11 is 0. The Bertz CT molecular complexity index is 985. The Morgan fingerprint density at radius 2 is 1.92 bits per heavy atom. The van der Waals surface area contributed by atoms with Crippen LogP contribution >= 0.6 is 0 Å². The van der Waals surface area contributed by atoms with Gasteiger partial charge in [-0.15, -0.1) is 0 Å². The summed E-state index contributed by atoms with van der Waals surface area (Å²) in [5.74, 6) is 0.171. The third-order valence-electron chi connectivity index (χ3n) is 4.85. The fourth-order valence-corrected chi connectivity index (χ4v) is 5.42. The number of rotatable bonds is 6. The first-order chi connectivity index (χ1) is 12.1. The van der Waals surface area contributed by atoms with E-state index in [1.807, 2.05) is 20.8 Å². The molecule has 3 rings (SSSR count). The average molecular weight is 375 g/mol. The second-order valence-electron chi connectivity index (χ2n) is 7.64. The number of sulfonamides is 1. The number of nitrogens with zero attached hydrogens (tertiary/aromatic N) is 1. The molecule has 0 saturated carbocycles. The van der Waals surface area contributed by atoms with Gasteiger partial charge in [0.05, 0.1) is 10.6 Å². The van der Waals surface area contributed by atoms with E-state index in [0.717, 1.165) is 5.69 Å². The molecule has 1 amide bonds. The number of anilines is 1. The van der Waals surface area contributed by atoms with Gasteiger partial charge in [-0.3, -0.25) is 4.79 Å². The van der Waals surface area contributed by atoms with Gasteiger partial charge in [-0.2, -0.15) is 0 Å². The maximum Gasteiger partial charge on any atom is 0.258 e. The summed E-state index contributed by atoms with van der Waals surface area (Å²) in [6.45, 7) is 6.08. The Morgan fingerprint density at radius 3 is 2.54 bits per heavy atom. The minimum absolute atomic E-state index is 0.125. The highest BCUT2D eigenvalue weighted by Gasteiger charge is 2.34. The summed E-state index contributed by atoms with van der Waals surface area (Å²) in [6, 6.07) is 8.43. The minimum Gasteiger partial charge on any atom is -0.329 e. The average Bonchev–Trinajstić information content (AvgIpc) is 2.81. The summed E-state index contributed by atoms with van der Waals surface area (Å²) in [5.41, 5.74) is 6.39. The Hall–Kier alpha value is -1.96. The monoisotopic (exact) mass is 375 g/mol. The van der Waals surface area contributed by atoms with Gasteiger partial charge in [0.2, 0.25) is 10.0 Å². The molecule has 0 aliphatic carbocycles. The standard InChI is InChI=1S/C19H25N3O3S/c1-12(2)10-19(3,11-20)21-26(24,25)16-9-8-15-17-13(16)6-5-7-14(17)18(23)22(15)4/h5-9,12,21H,10-11,20H2,1-4H3. The zero-order valence-corrected chi connectivity index (χ0v) is 16.4. The normalized spacial score (nSPS) is 16.5. The van der Waals surface area contributed by atoms with Crippen molar-refractivity contribution in [2.24, 2.45) is 11.7 Å². The molecule has 1 aliphatic heterocycles. The lowest BCUT2D eigenvalue weighted by Gasteiger charge is -2.31. The van der Waals surface area contributed by atoms with E-state index in [4.69, 9.17) is 5.73 Å². The predicted octanol–water partition coefficient (Wildman–Crippen LogP) is 2.47. The SMILES string of the molecule is CC(C)CC(C)(CN)NS(=O)(=O)c1ccc2c3c(cccc13)C(=O)N2C. The molecular weight excluding hydrogens is 350 g/mol. The molecule has 1 aliphatic rings. The van der Waals surface area contributed by atoms with E-state index in [-0.39, 0.29) is 17.3 Å². The molecule has 6 nitrogen and oxygen atoms in total. The van der Waals surface area contributed by atoms with Crippen LogP contribution in [0.4, 0.5) is 5.69 Å². The smallest absolute Gasteiger partial charge is 0.258 e. The van der Waals surface area contributed by atoms with Crippen molar-refractivity contribution in [3.05, 3.63) is 35.9 Å². The van der Waals surface area contributed by atoms with Gasteiger partial charge in [0.1, 0.15) is 0 Å². The van der Waals surface area contributed by atoms with E-state index in [9.17, 15) is 13.2 Å². The summed E-state index contributed by atoms with van der Waals surface area (Å²) < 4.78 is 29.1. The number of hydrogen-bond donors (Lipinski definition) is 2. The van der Waals surface area contributed by atoms with Crippen LogP contribution in [0.15, 0.2) is 35.2 Å². The van der Waals surface area contributed by atoms with Crippen molar-refractivity contribution < 1.29 is 13.2 Å². The Labute approximate surface area is 154 Å². The molecule has 0 spiro atoms. The van der Waals surface area contributed by atoms with Gasteiger partial charge in [-0.25, -0.2) is 13.1 Å². The van der Waals surface area contributed by atoms with Crippen LogP contribution in [0.25, 0.3) is 10.8 Å². The molecular formula is C19H25N3O3S. The van der Waals surface area contributed by atoms with E-state index >= 15 is 0 Å². The first kappa shape index (κ1) is 18.8. The molecule has 26 heavy (non-hydrogen) atoms. The number of benzene rings is 2. The van der Waals surface area contributed by atoms with E-state index in [2.05, 4.69) is 4.72 Å². The van der Waals surface area contributed by atoms with Crippen molar-refractivity contribution >= 4 is 32.4 Å². The fourth-order valence-electron chi connectivity index (χ4n) is 3.79. The maximum atomic E-state index is 13.1. The van der Waals surface area contributed by atoms with Crippen molar-refractivity contribution in [2.45, 2.75) is 37.6 Å². The molecule has 2 aromatic carbocycles. The highest BCUT2D eigenvalue weighted by atomic mass is 32.2. The van der Waals surface area contributed by atoms with Crippen molar-refractivity contribution in [3.63, 3.8) is 0 Å². The molecule has 0 aromatic heterocycles. The number of carbonyl (C=O) groups is 1. The molecule has 1 heterocycles. The zero-order chi connectivity index (χ0) is 19.3. The van der Waals surface area contributed by atoms with Crippen LogP contribution in [-0.4, -0.2) is 33.5 Å². The van der Waals surface area contributed by atoms with Gasteiger partial charge in [0.25, 0.3) is 5.91 Å². The van der Waals surface area contributed by atoms with Gasteiger partial charge in [0, 0.05) is 35.5 Å². The predicted molar refractivity (Wildman–Crippen MR) is 104 cm³/mol. The van der Waals surface area contributed by atoms with E-state index in [1.54, 1.807) is 42.3 Å². The van der Waals surface area contributed by atoms with Crippen molar-refractivity contribution in [1.82, 2.24) is 4.72 Å². The second-order valence-corrected chi connectivity index (χ2v) is 9.29. The highest BCUT2D eigenvalue weighted by Crippen LogP contribution is 2.39. The largest absolute Gasteiger partial charge is 0.329 e. The Morgan fingerprint density at radius 1 is 1.23 bits per heavy atom. The summed E-state index contributed by atoms with van der Waals surface area (Å²) in [6.07, 6.45) is 0.630. The molecule has 0 bridgehead atoms. The number of amides is 1. The van der Waals surface area contributed by atoms with Crippen LogP contribution in [0.5, 0.6) is 0 Å². The fraction of sp³-hybridized carbons (Fsp3) is 0.421. The quantitative estimate of drug-likeness (QED) is 0.811. The number of carbonyl (C=O) groups excluding carboxylic acids is 1. The molecule has 2 aromatic rings. The number of nitrogens with one attached hydrogen (secondary N) is 1. The maximum absolute atomic E-state index is 13.1. The van der Waals surface area contributed by atoms with Crippen molar-refractivity contribution in [3.8, 4) is 0 Å². The Kier molecular flexibility index (Phi) is 4.58. The van der Waals surface area contributed by atoms with Crippen molar-refractivity contribution in [2.75, 3.05) is 18.5 Å². The van der Waals surface area contributed by atoms with Crippen molar-refractivity contribution in [1.29, 1.82) is 0 Å². The summed E-state index contributed by atoms with van der Waals surface area (Å²) in [7, 11) is -2.11. The van der Waals surface area contributed by atoms with Gasteiger partial charge in [-0.1, -0.05) is 26.0 Å². The molecule has 3 N–H and O–H groups in total. The van der Waals surface area contributed by atoms with Crippen LogP contribution in [0, 0.1) is 5.92 Å². The van der Waals surface area contributed by atoms with Gasteiger partial charge in [-0.05, 0) is 37.5 Å². The zero-order valence-electron chi connectivity index (χ0n) is 15.5. The summed E-state index contributed by atoms with van der Waals surface area (Å²) in [4.78, 5) is 14.1. The second kappa shape index (κ2) is 6.33. The minimum atomic E-state index is -3.80. The van der Waals surface area contributed by atoms with E-state index in [1.165, 1.54) is 0 Å². The molecule has 0 saturated heterocycles. The molecule has 0 fully saturated rings. The van der Waals surface area contributed by atoms with Gasteiger partial charge in [0.15, 0.2) is 0 Å². The summed E-state index contributed by atoms with van der Waals surface area (Å²) in [5, 5.41) is 1.23. The molecule has 1 atom stereocenters.